The van der Waals surface area contributed by atoms with Crippen molar-refractivity contribution in [3.05, 3.63) is 143 Å². The summed E-state index contributed by atoms with van der Waals surface area (Å²) in [5.74, 6) is -0.355. The standard InChI is InChI=1S/C35H33FN4O2/c36-29-16-12-27(13-17-29)25-40-33(31-10-4-5-11-32(31)35(40)42)37-30-18-14-28(15-19-30)34(41)39-23-21-38(22-24-39)20-6-9-26-7-2-1-3-8-26/h1-19,33,37H,20-25H2/b9-6+. The second-order valence-corrected chi connectivity index (χ2v) is 10.7. The van der Waals surface area contributed by atoms with Gasteiger partial charge in [-0.1, -0.05) is 72.8 Å². The molecule has 0 bridgehead atoms. The number of nitrogens with one attached hydrogen (secondary N) is 1. The minimum Gasteiger partial charge on any atom is -0.361 e. The van der Waals surface area contributed by atoms with Crippen LogP contribution < -0.4 is 5.32 Å². The Bertz CT molecular complexity index is 1560. The zero-order valence-corrected chi connectivity index (χ0v) is 23.3. The zero-order chi connectivity index (χ0) is 28.9. The number of piperazine rings is 1. The topological polar surface area (TPSA) is 55.9 Å². The van der Waals surface area contributed by atoms with Gasteiger partial charge in [-0.15, -0.1) is 0 Å². The molecule has 0 spiro atoms. The van der Waals surface area contributed by atoms with E-state index in [1.54, 1.807) is 17.0 Å². The largest absolute Gasteiger partial charge is 0.361 e. The molecule has 0 aliphatic carbocycles. The lowest BCUT2D eigenvalue weighted by Gasteiger charge is -2.34. The Kier molecular flexibility index (Phi) is 8.10. The molecule has 2 aliphatic rings. The third-order valence-corrected chi connectivity index (χ3v) is 7.89. The fourth-order valence-electron chi connectivity index (χ4n) is 5.56. The van der Waals surface area contributed by atoms with Gasteiger partial charge in [-0.3, -0.25) is 14.5 Å². The van der Waals surface area contributed by atoms with Crippen LogP contribution in [0.2, 0.25) is 0 Å². The lowest BCUT2D eigenvalue weighted by atomic mass is 10.1. The van der Waals surface area contributed by atoms with Crippen molar-refractivity contribution in [2.24, 2.45) is 0 Å². The Hall–Kier alpha value is -4.75. The predicted octanol–water partition coefficient (Wildman–Crippen LogP) is 6.06. The van der Waals surface area contributed by atoms with Crippen LogP contribution in [0.25, 0.3) is 6.08 Å². The van der Waals surface area contributed by atoms with Gasteiger partial charge in [-0.2, -0.15) is 0 Å². The van der Waals surface area contributed by atoms with E-state index in [-0.39, 0.29) is 23.8 Å². The third kappa shape index (κ3) is 6.11. The molecule has 4 aromatic rings. The number of halogens is 1. The maximum atomic E-state index is 13.5. The van der Waals surface area contributed by atoms with Gasteiger partial charge in [0.1, 0.15) is 12.0 Å². The van der Waals surface area contributed by atoms with Gasteiger partial charge in [0.05, 0.1) is 0 Å². The summed E-state index contributed by atoms with van der Waals surface area (Å²) in [5.41, 5.74) is 5.02. The highest BCUT2D eigenvalue weighted by molar-refractivity contribution is 5.99. The number of hydrogen-bond donors (Lipinski definition) is 1. The van der Waals surface area contributed by atoms with Gasteiger partial charge in [-0.25, -0.2) is 4.39 Å². The van der Waals surface area contributed by atoms with Gasteiger partial charge in [0.25, 0.3) is 11.8 Å². The molecule has 212 valence electrons. The molecule has 0 radical (unpaired) electrons. The van der Waals surface area contributed by atoms with Crippen molar-refractivity contribution in [1.29, 1.82) is 0 Å². The summed E-state index contributed by atoms with van der Waals surface area (Å²) in [6, 6.07) is 31.5. The minimum absolute atomic E-state index is 0.0281. The number of amides is 2. The molecule has 2 amide bonds. The maximum absolute atomic E-state index is 13.5. The highest BCUT2D eigenvalue weighted by Crippen LogP contribution is 2.35. The molecule has 1 fully saturated rings. The smallest absolute Gasteiger partial charge is 0.256 e. The summed E-state index contributed by atoms with van der Waals surface area (Å²) in [7, 11) is 0. The predicted molar refractivity (Wildman–Crippen MR) is 163 cm³/mol. The number of carbonyl (C=O) groups is 2. The van der Waals surface area contributed by atoms with Gasteiger partial charge in [-0.05, 0) is 53.6 Å². The van der Waals surface area contributed by atoms with Crippen LogP contribution in [0.1, 0.15) is 43.6 Å². The van der Waals surface area contributed by atoms with E-state index < -0.39 is 0 Å². The number of anilines is 1. The number of carbonyl (C=O) groups excluding carboxylic acids is 2. The maximum Gasteiger partial charge on any atom is 0.256 e. The summed E-state index contributed by atoms with van der Waals surface area (Å²) in [6.45, 7) is 4.26. The average molecular weight is 561 g/mol. The fraction of sp³-hybridized carbons (Fsp3) is 0.200. The fourth-order valence-corrected chi connectivity index (χ4v) is 5.56. The zero-order valence-electron chi connectivity index (χ0n) is 23.3. The van der Waals surface area contributed by atoms with Gasteiger partial charge >= 0.3 is 0 Å². The van der Waals surface area contributed by atoms with Crippen LogP contribution in [0.15, 0.2) is 109 Å². The van der Waals surface area contributed by atoms with E-state index in [0.717, 1.165) is 36.4 Å². The second-order valence-electron chi connectivity index (χ2n) is 10.7. The molecular formula is C35H33FN4O2. The van der Waals surface area contributed by atoms with Crippen LogP contribution >= 0.6 is 0 Å². The van der Waals surface area contributed by atoms with Gasteiger partial charge < -0.3 is 15.1 Å². The second kappa shape index (κ2) is 12.4. The summed E-state index contributed by atoms with van der Waals surface area (Å²) in [4.78, 5) is 32.6. The van der Waals surface area contributed by atoms with Gasteiger partial charge in [0.2, 0.25) is 0 Å². The van der Waals surface area contributed by atoms with Gasteiger partial charge in [0.15, 0.2) is 0 Å². The van der Waals surface area contributed by atoms with Crippen LogP contribution in [0.5, 0.6) is 0 Å². The first-order valence-corrected chi connectivity index (χ1v) is 14.3. The summed E-state index contributed by atoms with van der Waals surface area (Å²) in [5, 5.41) is 3.49. The number of nitrogens with zero attached hydrogens (tertiary/aromatic N) is 3. The lowest BCUT2D eigenvalue weighted by Crippen LogP contribution is -2.48. The van der Waals surface area contributed by atoms with E-state index in [9.17, 15) is 14.0 Å². The SMILES string of the molecule is O=C(c1ccc(NC2c3ccccc3C(=O)N2Cc2ccc(F)cc2)cc1)N1CCN(C/C=C/c2ccccc2)CC1. The first-order valence-electron chi connectivity index (χ1n) is 14.3. The highest BCUT2D eigenvalue weighted by atomic mass is 19.1. The molecule has 1 unspecified atom stereocenters. The van der Waals surface area contributed by atoms with Crippen LogP contribution in [0.3, 0.4) is 0 Å². The molecule has 1 atom stereocenters. The van der Waals surface area contributed by atoms with Crippen molar-refractivity contribution in [2.75, 3.05) is 38.0 Å². The molecule has 1 saturated heterocycles. The van der Waals surface area contributed by atoms with Crippen LogP contribution in [0, 0.1) is 5.82 Å². The van der Waals surface area contributed by atoms with E-state index in [2.05, 4.69) is 34.5 Å². The van der Waals surface area contributed by atoms with Crippen LogP contribution in [0.4, 0.5) is 10.1 Å². The first-order chi connectivity index (χ1) is 20.5. The summed E-state index contributed by atoms with van der Waals surface area (Å²) < 4.78 is 13.5. The molecular weight excluding hydrogens is 527 g/mol. The first kappa shape index (κ1) is 27.4. The molecule has 4 aromatic carbocycles. The van der Waals surface area contributed by atoms with E-state index in [0.29, 0.717) is 30.8 Å². The number of rotatable bonds is 8. The average Bonchev–Trinajstić information content (AvgIpc) is 3.29. The molecule has 42 heavy (non-hydrogen) atoms. The summed E-state index contributed by atoms with van der Waals surface area (Å²) in [6.07, 6.45) is 3.93. The van der Waals surface area contributed by atoms with E-state index in [4.69, 9.17) is 0 Å². The van der Waals surface area contributed by atoms with Crippen molar-refractivity contribution < 1.29 is 14.0 Å². The molecule has 2 heterocycles. The van der Waals surface area contributed by atoms with Gasteiger partial charge in [0, 0.05) is 61.6 Å². The number of fused-ring (bicyclic) bond motifs is 1. The number of hydrogen-bond acceptors (Lipinski definition) is 4. The third-order valence-electron chi connectivity index (χ3n) is 7.89. The Labute approximate surface area is 245 Å². The van der Waals surface area contributed by atoms with Crippen molar-refractivity contribution in [3.8, 4) is 0 Å². The normalized spacial score (nSPS) is 17.1. The minimum atomic E-state index is -0.385. The van der Waals surface area contributed by atoms with Crippen molar-refractivity contribution >= 4 is 23.6 Å². The monoisotopic (exact) mass is 560 g/mol. The Morgan fingerprint density at radius 2 is 1.52 bits per heavy atom. The van der Waals surface area contributed by atoms with Crippen molar-refractivity contribution in [1.82, 2.24) is 14.7 Å². The van der Waals surface area contributed by atoms with Crippen LogP contribution in [-0.4, -0.2) is 59.2 Å². The van der Waals surface area contributed by atoms with E-state index in [1.807, 2.05) is 71.6 Å². The molecule has 7 heteroatoms. The Morgan fingerprint density at radius 1 is 0.833 bits per heavy atom. The Balaban J connectivity index is 1.08. The van der Waals surface area contributed by atoms with E-state index in [1.165, 1.54) is 17.7 Å². The molecule has 6 rings (SSSR count). The summed E-state index contributed by atoms with van der Waals surface area (Å²) >= 11 is 0. The van der Waals surface area contributed by atoms with Crippen molar-refractivity contribution in [3.63, 3.8) is 0 Å². The molecule has 1 N–H and O–H groups in total. The van der Waals surface area contributed by atoms with Crippen LogP contribution in [-0.2, 0) is 6.54 Å². The number of benzene rings is 4. The molecule has 0 saturated carbocycles. The molecule has 0 aromatic heterocycles. The van der Waals surface area contributed by atoms with Crippen molar-refractivity contribution in [2.45, 2.75) is 12.7 Å². The Morgan fingerprint density at radius 3 is 2.26 bits per heavy atom. The lowest BCUT2D eigenvalue weighted by molar-refractivity contribution is 0.0650. The molecule has 6 nitrogen and oxygen atoms in total. The quantitative estimate of drug-likeness (QED) is 0.285. The molecule has 2 aliphatic heterocycles. The highest BCUT2D eigenvalue weighted by Gasteiger charge is 2.36. The van der Waals surface area contributed by atoms with E-state index >= 15 is 0 Å².